The van der Waals surface area contributed by atoms with Crippen molar-refractivity contribution in [3.05, 3.63) is 75.7 Å². The van der Waals surface area contributed by atoms with Gasteiger partial charge in [-0.15, -0.1) is 0 Å². The van der Waals surface area contributed by atoms with Crippen molar-refractivity contribution in [1.29, 1.82) is 0 Å². The number of carbonyl (C=O) groups excluding carboxylic acids is 2. The Bertz CT molecular complexity index is 1200. The lowest BCUT2D eigenvalue weighted by Crippen LogP contribution is -2.27. The van der Waals surface area contributed by atoms with E-state index in [-0.39, 0.29) is 17.7 Å². The number of imide groups is 1. The molecule has 0 spiro atoms. The summed E-state index contributed by atoms with van der Waals surface area (Å²) in [6, 6.07) is 17.1. The Morgan fingerprint density at radius 3 is 2.61 bits per heavy atom. The molecule has 1 fully saturated rings. The quantitative estimate of drug-likeness (QED) is 0.420. The first kappa shape index (κ1) is 21.3. The van der Waals surface area contributed by atoms with Crippen molar-refractivity contribution >= 4 is 51.4 Å². The molecule has 0 aliphatic carbocycles. The van der Waals surface area contributed by atoms with E-state index in [1.54, 1.807) is 18.2 Å². The Labute approximate surface area is 189 Å². The molecule has 1 heterocycles. The zero-order chi connectivity index (χ0) is 22.0. The second-order valence-electron chi connectivity index (χ2n) is 6.86. The lowest BCUT2D eigenvalue weighted by Gasteiger charge is -2.14. The molecule has 0 N–H and O–H groups in total. The summed E-state index contributed by atoms with van der Waals surface area (Å²) in [5, 5.41) is 2.18. The van der Waals surface area contributed by atoms with Gasteiger partial charge in [0.15, 0.2) is 11.5 Å². The molecular weight excluding hydrogens is 434 g/mol. The summed E-state index contributed by atoms with van der Waals surface area (Å²) in [6.45, 7) is 2.54. The molecule has 0 bridgehead atoms. The molecule has 5 nitrogen and oxygen atoms in total. The Kier molecular flexibility index (Phi) is 6.20. The molecular formula is C24H20ClNO4S. The Hall–Kier alpha value is -2.96. The van der Waals surface area contributed by atoms with E-state index in [9.17, 15) is 9.59 Å². The number of ether oxygens (including phenoxy) is 2. The summed E-state index contributed by atoms with van der Waals surface area (Å²) in [4.78, 5) is 27.2. The van der Waals surface area contributed by atoms with Crippen LogP contribution in [-0.2, 0) is 11.3 Å². The summed E-state index contributed by atoms with van der Waals surface area (Å²) < 4.78 is 10.9. The van der Waals surface area contributed by atoms with Crippen molar-refractivity contribution in [2.75, 3.05) is 13.7 Å². The van der Waals surface area contributed by atoms with Gasteiger partial charge in [-0.05, 0) is 52.7 Å². The predicted octanol–water partition coefficient (Wildman–Crippen LogP) is 6.14. The SMILES string of the molecule is CCOc1cc(/C=C2/SC(=O)N(Cc3cccc4ccccc34)C2=O)c(Cl)cc1OC. The number of fused-ring (bicyclic) bond motifs is 1. The average molecular weight is 454 g/mol. The molecule has 1 aliphatic rings. The van der Waals surface area contributed by atoms with Crippen molar-refractivity contribution in [2.45, 2.75) is 13.5 Å². The van der Waals surface area contributed by atoms with E-state index in [0.717, 1.165) is 28.1 Å². The van der Waals surface area contributed by atoms with Gasteiger partial charge in [0, 0.05) is 6.07 Å². The Morgan fingerprint density at radius 2 is 1.84 bits per heavy atom. The van der Waals surface area contributed by atoms with Gasteiger partial charge in [-0.3, -0.25) is 14.5 Å². The number of halogens is 1. The van der Waals surface area contributed by atoms with Crippen LogP contribution in [0, 0.1) is 0 Å². The first-order valence-electron chi connectivity index (χ1n) is 9.74. The highest BCUT2D eigenvalue weighted by Crippen LogP contribution is 2.38. The summed E-state index contributed by atoms with van der Waals surface area (Å²) in [6.07, 6.45) is 1.62. The molecule has 3 aromatic rings. The van der Waals surface area contributed by atoms with Crippen LogP contribution in [0.2, 0.25) is 5.02 Å². The number of nitrogens with zero attached hydrogens (tertiary/aromatic N) is 1. The fourth-order valence-corrected chi connectivity index (χ4v) is 4.50. The van der Waals surface area contributed by atoms with Gasteiger partial charge in [0.2, 0.25) is 0 Å². The van der Waals surface area contributed by atoms with E-state index in [4.69, 9.17) is 21.1 Å². The van der Waals surface area contributed by atoms with Crippen LogP contribution in [0.1, 0.15) is 18.1 Å². The van der Waals surface area contributed by atoms with Crippen LogP contribution in [-0.4, -0.2) is 29.8 Å². The molecule has 1 saturated heterocycles. The first-order valence-corrected chi connectivity index (χ1v) is 10.9. The van der Waals surface area contributed by atoms with E-state index < -0.39 is 0 Å². The number of rotatable bonds is 6. The molecule has 7 heteroatoms. The van der Waals surface area contributed by atoms with E-state index in [1.807, 2.05) is 49.4 Å². The molecule has 0 aromatic heterocycles. The lowest BCUT2D eigenvalue weighted by molar-refractivity contribution is -0.123. The fraction of sp³-hybridized carbons (Fsp3) is 0.167. The number of methoxy groups -OCH3 is 1. The molecule has 0 radical (unpaired) electrons. The van der Waals surface area contributed by atoms with Gasteiger partial charge in [-0.25, -0.2) is 0 Å². The molecule has 3 aromatic carbocycles. The summed E-state index contributed by atoms with van der Waals surface area (Å²) >= 11 is 7.28. The van der Waals surface area contributed by atoms with Crippen LogP contribution in [0.25, 0.3) is 16.8 Å². The van der Waals surface area contributed by atoms with E-state index >= 15 is 0 Å². The highest BCUT2D eigenvalue weighted by atomic mass is 35.5. The zero-order valence-electron chi connectivity index (χ0n) is 17.1. The Balaban J connectivity index is 1.64. The van der Waals surface area contributed by atoms with Crippen LogP contribution in [0.5, 0.6) is 11.5 Å². The third-order valence-corrected chi connectivity index (χ3v) is 6.19. The minimum Gasteiger partial charge on any atom is -0.493 e. The van der Waals surface area contributed by atoms with Crippen molar-refractivity contribution < 1.29 is 19.1 Å². The van der Waals surface area contributed by atoms with Crippen LogP contribution in [0.4, 0.5) is 4.79 Å². The molecule has 1 aliphatic heterocycles. The van der Waals surface area contributed by atoms with Gasteiger partial charge in [-0.2, -0.15) is 0 Å². The molecule has 0 atom stereocenters. The third kappa shape index (κ3) is 4.27. The van der Waals surface area contributed by atoms with E-state index in [0.29, 0.717) is 33.6 Å². The van der Waals surface area contributed by atoms with Crippen LogP contribution in [0.3, 0.4) is 0 Å². The minimum atomic E-state index is -0.340. The van der Waals surface area contributed by atoms with Crippen molar-refractivity contribution in [1.82, 2.24) is 4.90 Å². The summed E-state index contributed by atoms with van der Waals surface area (Å²) in [5.74, 6) is 0.691. The largest absolute Gasteiger partial charge is 0.493 e. The number of hydrogen-bond acceptors (Lipinski definition) is 5. The first-order chi connectivity index (χ1) is 15.0. The summed E-state index contributed by atoms with van der Waals surface area (Å²) in [5.41, 5.74) is 1.50. The number of carbonyl (C=O) groups is 2. The normalized spacial score (nSPS) is 15.2. The predicted molar refractivity (Wildman–Crippen MR) is 125 cm³/mol. The van der Waals surface area contributed by atoms with Crippen molar-refractivity contribution in [3.63, 3.8) is 0 Å². The molecule has 0 saturated carbocycles. The van der Waals surface area contributed by atoms with Gasteiger partial charge < -0.3 is 9.47 Å². The average Bonchev–Trinajstić information content (AvgIpc) is 3.03. The summed E-state index contributed by atoms with van der Waals surface area (Å²) in [7, 11) is 1.53. The maximum Gasteiger partial charge on any atom is 0.293 e. The highest BCUT2D eigenvalue weighted by Gasteiger charge is 2.35. The second kappa shape index (κ2) is 9.04. The van der Waals surface area contributed by atoms with Crippen LogP contribution in [0.15, 0.2) is 59.5 Å². The molecule has 31 heavy (non-hydrogen) atoms. The number of hydrogen-bond donors (Lipinski definition) is 0. The maximum atomic E-state index is 13.0. The topological polar surface area (TPSA) is 55.8 Å². The van der Waals surface area contributed by atoms with Gasteiger partial charge >= 0.3 is 0 Å². The zero-order valence-corrected chi connectivity index (χ0v) is 18.6. The minimum absolute atomic E-state index is 0.212. The van der Waals surface area contributed by atoms with Gasteiger partial charge in [0.25, 0.3) is 11.1 Å². The molecule has 4 rings (SSSR count). The van der Waals surface area contributed by atoms with Crippen molar-refractivity contribution in [2.24, 2.45) is 0 Å². The van der Waals surface area contributed by atoms with Crippen LogP contribution < -0.4 is 9.47 Å². The van der Waals surface area contributed by atoms with Crippen LogP contribution >= 0.6 is 23.4 Å². The maximum absolute atomic E-state index is 13.0. The molecule has 2 amide bonds. The highest BCUT2D eigenvalue weighted by molar-refractivity contribution is 8.18. The molecule has 158 valence electrons. The Morgan fingerprint density at radius 1 is 1.06 bits per heavy atom. The van der Waals surface area contributed by atoms with Gasteiger partial charge in [-0.1, -0.05) is 54.1 Å². The second-order valence-corrected chi connectivity index (χ2v) is 8.26. The fourth-order valence-electron chi connectivity index (χ4n) is 3.47. The number of benzene rings is 3. The van der Waals surface area contributed by atoms with Gasteiger partial charge in [0.05, 0.1) is 30.2 Å². The number of thioether (sulfide) groups is 1. The van der Waals surface area contributed by atoms with E-state index in [1.165, 1.54) is 12.0 Å². The number of amides is 2. The monoisotopic (exact) mass is 453 g/mol. The standard InChI is InChI=1S/C24H20ClNO4S/c1-3-30-21-11-17(19(25)13-20(21)29-2)12-22-23(27)26(24(28)31-22)14-16-9-6-8-15-7-4-5-10-18(15)16/h4-13H,3,14H2,1-2H3/b22-12+. The lowest BCUT2D eigenvalue weighted by atomic mass is 10.0. The third-order valence-electron chi connectivity index (χ3n) is 4.95. The van der Waals surface area contributed by atoms with E-state index in [2.05, 4.69) is 0 Å². The van der Waals surface area contributed by atoms with Gasteiger partial charge in [0.1, 0.15) is 0 Å². The van der Waals surface area contributed by atoms with Crippen molar-refractivity contribution in [3.8, 4) is 11.5 Å². The molecule has 0 unspecified atom stereocenters. The smallest absolute Gasteiger partial charge is 0.293 e.